The molecular weight excluding hydrogens is 542 g/mol. The molecule has 6 fully saturated rings. The van der Waals surface area contributed by atoms with Crippen molar-refractivity contribution in [3.05, 3.63) is 30.1 Å². The minimum Gasteiger partial charge on any atom is -0.458 e. The van der Waals surface area contributed by atoms with Crippen LogP contribution >= 0.6 is 0 Å². The number of esters is 1. The lowest BCUT2D eigenvalue weighted by Crippen LogP contribution is -2.60. The highest BCUT2D eigenvalue weighted by molar-refractivity contribution is 5.89. The van der Waals surface area contributed by atoms with E-state index in [1.807, 2.05) is 0 Å². The highest BCUT2D eigenvalue weighted by atomic mass is 16.5. The van der Waals surface area contributed by atoms with Crippen LogP contribution < -0.4 is 0 Å². The number of aliphatic hydroxyl groups is 3. The molecule has 3 N–H and O–H groups in total. The van der Waals surface area contributed by atoms with E-state index < -0.39 is 23.9 Å². The zero-order chi connectivity index (χ0) is 31.0. The van der Waals surface area contributed by atoms with Crippen molar-refractivity contribution in [3.8, 4) is 0 Å². The third kappa shape index (κ3) is 3.74. The molecule has 2 spiro atoms. The van der Waals surface area contributed by atoms with Gasteiger partial charge in [0, 0.05) is 23.2 Å². The normalized spacial score (nSPS) is 50.3. The quantitative estimate of drug-likeness (QED) is 0.392. The van der Waals surface area contributed by atoms with Crippen molar-refractivity contribution in [1.82, 2.24) is 4.98 Å². The largest absolute Gasteiger partial charge is 0.458 e. The Morgan fingerprint density at radius 1 is 1.09 bits per heavy atom. The molecule has 0 radical (unpaired) electrons. The van der Waals surface area contributed by atoms with E-state index in [1.54, 1.807) is 38.4 Å². The van der Waals surface area contributed by atoms with Gasteiger partial charge < -0.3 is 24.8 Å². The summed E-state index contributed by atoms with van der Waals surface area (Å²) in [7, 11) is 0. The van der Waals surface area contributed by atoms with Gasteiger partial charge in [-0.2, -0.15) is 0 Å². The van der Waals surface area contributed by atoms with E-state index in [1.165, 1.54) is 12.8 Å². The van der Waals surface area contributed by atoms with Gasteiger partial charge in [0.05, 0.1) is 29.5 Å². The molecule has 43 heavy (non-hydrogen) atoms. The summed E-state index contributed by atoms with van der Waals surface area (Å²) < 4.78 is 12.9. The molecule has 238 valence electrons. The molecule has 13 unspecified atom stereocenters. The third-order valence-electron chi connectivity index (χ3n) is 15.0. The molecule has 0 bridgehead atoms. The SMILES string of the molecule is CC1CC(C(O)C(C)(C)O)OC2C1C1(C)CCC34CC35CCC(OC(=O)c3cccnc3)C(C)(C)C5CCC4C1(C)C2O. The number of carbonyl (C=O) groups is 1. The highest BCUT2D eigenvalue weighted by Crippen LogP contribution is 2.89. The van der Waals surface area contributed by atoms with Gasteiger partial charge in [-0.25, -0.2) is 4.79 Å². The Bertz CT molecular complexity index is 1280. The number of rotatable bonds is 4. The molecule has 0 aromatic carbocycles. The summed E-state index contributed by atoms with van der Waals surface area (Å²) in [6.07, 6.45) is 9.01. The first-order valence-electron chi connectivity index (χ1n) is 16.9. The number of hydrogen-bond acceptors (Lipinski definition) is 7. The van der Waals surface area contributed by atoms with Crippen LogP contribution in [0.3, 0.4) is 0 Å². The smallest absolute Gasteiger partial charge is 0.339 e. The summed E-state index contributed by atoms with van der Waals surface area (Å²) in [4.78, 5) is 17.2. The molecule has 1 aromatic heterocycles. The van der Waals surface area contributed by atoms with Crippen molar-refractivity contribution < 1.29 is 29.6 Å². The van der Waals surface area contributed by atoms with Gasteiger partial charge >= 0.3 is 5.97 Å². The van der Waals surface area contributed by atoms with Crippen molar-refractivity contribution in [2.45, 2.75) is 136 Å². The Hall–Kier alpha value is -1.54. The number of aliphatic hydroxyl groups excluding tert-OH is 2. The summed E-state index contributed by atoms with van der Waals surface area (Å²) in [5, 5.41) is 33.9. The molecule has 7 nitrogen and oxygen atoms in total. The first kappa shape index (κ1) is 30.1. The standard InChI is InChI=1S/C36H53NO6/c1-20-17-22(28(38)32(4,5)41)42-27-26(20)33(6)14-15-36-19-35(36)13-12-25(43-30(40)21-9-8-16-37-18-21)31(2,3)23(35)10-11-24(36)34(33,7)29(27)39/h8-9,16,18,20,22-29,38-39,41H,10-15,17,19H2,1-7H3. The van der Waals surface area contributed by atoms with E-state index >= 15 is 0 Å². The molecule has 6 aliphatic rings. The fraction of sp³-hybridized carbons (Fsp3) is 0.833. The topological polar surface area (TPSA) is 109 Å². The first-order chi connectivity index (χ1) is 20.0. The van der Waals surface area contributed by atoms with Crippen LogP contribution in [0.25, 0.3) is 0 Å². The maximum Gasteiger partial charge on any atom is 0.339 e. The summed E-state index contributed by atoms with van der Waals surface area (Å²) in [6.45, 7) is 15.0. The second kappa shape index (κ2) is 9.27. The average molecular weight is 596 g/mol. The monoisotopic (exact) mass is 595 g/mol. The van der Waals surface area contributed by atoms with Crippen LogP contribution in [0.15, 0.2) is 24.5 Å². The number of nitrogens with zero attached hydrogens (tertiary/aromatic N) is 1. The molecule has 2 heterocycles. The van der Waals surface area contributed by atoms with Crippen LogP contribution in [-0.2, 0) is 9.47 Å². The Morgan fingerprint density at radius 2 is 1.79 bits per heavy atom. The zero-order valence-electron chi connectivity index (χ0n) is 27.2. The van der Waals surface area contributed by atoms with E-state index in [-0.39, 0.29) is 57.1 Å². The van der Waals surface area contributed by atoms with Gasteiger partial charge in [0.25, 0.3) is 0 Å². The Morgan fingerprint density at radius 3 is 2.47 bits per heavy atom. The fourth-order valence-corrected chi connectivity index (χ4v) is 12.9. The van der Waals surface area contributed by atoms with Gasteiger partial charge in [0.1, 0.15) is 12.2 Å². The summed E-state index contributed by atoms with van der Waals surface area (Å²) in [6, 6.07) is 3.55. The molecule has 0 amide bonds. The Labute approximate surface area is 257 Å². The van der Waals surface area contributed by atoms with Crippen molar-refractivity contribution in [3.63, 3.8) is 0 Å². The lowest BCUT2D eigenvalue weighted by atomic mass is 9.41. The lowest BCUT2D eigenvalue weighted by Gasteiger charge is -2.63. The van der Waals surface area contributed by atoms with Crippen LogP contribution in [0.2, 0.25) is 0 Å². The number of fused-ring (bicyclic) bond motifs is 4. The zero-order valence-corrected chi connectivity index (χ0v) is 27.2. The van der Waals surface area contributed by atoms with Gasteiger partial charge in [-0.1, -0.05) is 34.6 Å². The van der Waals surface area contributed by atoms with Crippen LogP contribution in [0.5, 0.6) is 0 Å². The number of aromatic nitrogens is 1. The second-order valence-electron chi connectivity index (χ2n) is 17.3. The maximum atomic E-state index is 13.1. The number of carbonyl (C=O) groups excluding carboxylic acids is 1. The van der Waals surface area contributed by atoms with E-state index in [4.69, 9.17) is 9.47 Å². The molecule has 7 heteroatoms. The van der Waals surface area contributed by atoms with Gasteiger partial charge in [0.2, 0.25) is 0 Å². The maximum absolute atomic E-state index is 13.1. The van der Waals surface area contributed by atoms with Crippen molar-refractivity contribution in [2.24, 2.45) is 50.7 Å². The summed E-state index contributed by atoms with van der Waals surface area (Å²) >= 11 is 0. The van der Waals surface area contributed by atoms with Crippen LogP contribution in [-0.4, -0.2) is 62.4 Å². The summed E-state index contributed by atoms with van der Waals surface area (Å²) in [5.74, 6) is 1.12. The molecule has 5 saturated carbocycles. The minimum absolute atomic E-state index is 0.0559. The van der Waals surface area contributed by atoms with E-state index in [0.717, 1.165) is 32.1 Å². The Balaban J connectivity index is 1.16. The van der Waals surface area contributed by atoms with E-state index in [2.05, 4.69) is 39.6 Å². The van der Waals surface area contributed by atoms with Gasteiger partial charge in [-0.3, -0.25) is 4.98 Å². The van der Waals surface area contributed by atoms with Crippen LogP contribution in [0, 0.1) is 50.7 Å². The second-order valence-corrected chi connectivity index (χ2v) is 17.3. The van der Waals surface area contributed by atoms with Gasteiger partial charge in [-0.15, -0.1) is 0 Å². The van der Waals surface area contributed by atoms with Gasteiger partial charge in [0.15, 0.2) is 0 Å². The molecular formula is C36H53NO6. The number of ether oxygens (including phenoxy) is 2. The van der Waals surface area contributed by atoms with Crippen molar-refractivity contribution in [2.75, 3.05) is 0 Å². The first-order valence-corrected chi connectivity index (χ1v) is 16.9. The predicted octanol–water partition coefficient (Wildman–Crippen LogP) is 5.55. The highest BCUT2D eigenvalue weighted by Gasteiger charge is 2.84. The molecule has 7 rings (SSSR count). The van der Waals surface area contributed by atoms with Crippen molar-refractivity contribution >= 4 is 5.97 Å². The summed E-state index contributed by atoms with van der Waals surface area (Å²) in [5.41, 5.74) is -0.778. The lowest BCUT2D eigenvalue weighted by molar-refractivity contribution is -0.202. The minimum atomic E-state index is -1.26. The van der Waals surface area contributed by atoms with Crippen molar-refractivity contribution in [1.29, 1.82) is 0 Å². The number of pyridine rings is 1. The van der Waals surface area contributed by atoms with Crippen LogP contribution in [0.1, 0.15) is 110 Å². The van der Waals surface area contributed by atoms with Gasteiger partial charge in [-0.05, 0) is 117 Å². The predicted molar refractivity (Wildman–Crippen MR) is 162 cm³/mol. The molecule has 1 aliphatic heterocycles. The van der Waals surface area contributed by atoms with E-state index in [9.17, 15) is 20.1 Å². The molecule has 1 aromatic rings. The molecule has 5 aliphatic carbocycles. The third-order valence-corrected chi connectivity index (χ3v) is 15.0. The van der Waals surface area contributed by atoms with Crippen LogP contribution in [0.4, 0.5) is 0 Å². The molecule has 13 atom stereocenters. The molecule has 1 saturated heterocycles. The number of hydrogen-bond donors (Lipinski definition) is 3. The van der Waals surface area contributed by atoms with E-state index in [0.29, 0.717) is 23.8 Å². The fourth-order valence-electron chi connectivity index (χ4n) is 12.9. The average Bonchev–Trinajstić information content (AvgIpc) is 3.58. The Kier molecular flexibility index (Phi) is 6.49.